The summed E-state index contributed by atoms with van der Waals surface area (Å²) in [6.45, 7) is -0.216. The Bertz CT molecular complexity index is 685. The van der Waals surface area contributed by atoms with Crippen LogP contribution >= 0.6 is 0 Å². The Labute approximate surface area is 124 Å². The van der Waals surface area contributed by atoms with Crippen LogP contribution in [0, 0.1) is 17.8 Å². The molecule has 1 aliphatic heterocycles. The van der Waals surface area contributed by atoms with Gasteiger partial charge in [0.15, 0.2) is 9.84 Å². The van der Waals surface area contributed by atoms with Gasteiger partial charge in [-0.1, -0.05) is 17.9 Å². The van der Waals surface area contributed by atoms with E-state index in [0.29, 0.717) is 17.7 Å². The van der Waals surface area contributed by atoms with Crippen LogP contribution in [0.1, 0.15) is 18.4 Å². The van der Waals surface area contributed by atoms with E-state index in [2.05, 4.69) is 17.2 Å². The molecule has 2 N–H and O–H groups in total. The molecule has 21 heavy (non-hydrogen) atoms. The Kier molecular flexibility index (Phi) is 4.99. The Hall–Kier alpha value is -1.84. The van der Waals surface area contributed by atoms with E-state index in [-0.39, 0.29) is 36.4 Å². The van der Waals surface area contributed by atoms with Crippen molar-refractivity contribution in [2.45, 2.75) is 12.8 Å². The van der Waals surface area contributed by atoms with Crippen LogP contribution < -0.4 is 5.32 Å². The molecule has 0 aliphatic carbocycles. The molecule has 0 spiro atoms. The molecule has 1 amide bonds. The standard InChI is InChI=1S/C15H17NO4S/c17-7-2-4-12-3-1-5-14(9-12)16-15(18)10-13-6-8-21(19,20)11-13/h1,3,5,9,13,17H,6-8,10-11H2,(H,16,18). The summed E-state index contributed by atoms with van der Waals surface area (Å²) in [5.74, 6) is 5.30. The van der Waals surface area contributed by atoms with Crippen molar-refractivity contribution in [2.75, 3.05) is 23.4 Å². The highest BCUT2D eigenvalue weighted by Crippen LogP contribution is 2.22. The van der Waals surface area contributed by atoms with Gasteiger partial charge in [-0.3, -0.25) is 4.79 Å². The minimum atomic E-state index is -2.95. The average Bonchev–Trinajstić information content (AvgIpc) is 2.75. The van der Waals surface area contributed by atoms with E-state index < -0.39 is 9.84 Å². The summed E-state index contributed by atoms with van der Waals surface area (Å²) >= 11 is 0. The summed E-state index contributed by atoms with van der Waals surface area (Å²) in [4.78, 5) is 11.9. The number of carbonyl (C=O) groups is 1. The minimum Gasteiger partial charge on any atom is -0.384 e. The van der Waals surface area contributed by atoms with E-state index in [9.17, 15) is 13.2 Å². The van der Waals surface area contributed by atoms with Gasteiger partial charge in [-0.2, -0.15) is 0 Å². The second kappa shape index (κ2) is 6.74. The number of benzene rings is 1. The first-order valence-corrected chi connectivity index (χ1v) is 8.51. The number of amides is 1. The number of hydrogen-bond acceptors (Lipinski definition) is 4. The number of hydrogen-bond donors (Lipinski definition) is 2. The molecule has 1 fully saturated rings. The fourth-order valence-corrected chi connectivity index (χ4v) is 4.19. The van der Waals surface area contributed by atoms with Crippen LogP contribution in [-0.4, -0.2) is 37.5 Å². The van der Waals surface area contributed by atoms with Gasteiger partial charge < -0.3 is 10.4 Å². The second-order valence-electron chi connectivity index (χ2n) is 5.06. The van der Waals surface area contributed by atoms with E-state index in [0.717, 1.165) is 0 Å². The molecule has 1 atom stereocenters. The van der Waals surface area contributed by atoms with Crippen molar-refractivity contribution in [1.82, 2.24) is 0 Å². The molecule has 0 aromatic heterocycles. The molecule has 1 aliphatic rings. The van der Waals surface area contributed by atoms with Crippen molar-refractivity contribution in [3.8, 4) is 11.8 Å². The van der Waals surface area contributed by atoms with Crippen molar-refractivity contribution in [1.29, 1.82) is 0 Å². The van der Waals surface area contributed by atoms with Gasteiger partial charge in [-0.05, 0) is 30.5 Å². The lowest BCUT2D eigenvalue weighted by Crippen LogP contribution is -2.17. The predicted octanol–water partition coefficient (Wildman–Crippen LogP) is 0.794. The topological polar surface area (TPSA) is 83.5 Å². The maximum absolute atomic E-state index is 11.9. The van der Waals surface area contributed by atoms with Gasteiger partial charge in [-0.25, -0.2) is 8.42 Å². The van der Waals surface area contributed by atoms with Crippen LogP contribution in [0.3, 0.4) is 0 Å². The number of carbonyl (C=O) groups excluding carboxylic acids is 1. The van der Waals surface area contributed by atoms with Crippen molar-refractivity contribution in [3.63, 3.8) is 0 Å². The third kappa shape index (κ3) is 4.88. The Morgan fingerprint density at radius 3 is 2.90 bits per heavy atom. The van der Waals surface area contributed by atoms with Crippen LogP contribution in [-0.2, 0) is 14.6 Å². The Balaban J connectivity index is 1.94. The first-order valence-electron chi connectivity index (χ1n) is 6.68. The van der Waals surface area contributed by atoms with Crippen LogP contribution in [0.5, 0.6) is 0 Å². The van der Waals surface area contributed by atoms with Crippen molar-refractivity contribution in [3.05, 3.63) is 29.8 Å². The minimum absolute atomic E-state index is 0.0904. The zero-order chi connectivity index (χ0) is 15.3. The number of aliphatic hydroxyl groups is 1. The molecule has 112 valence electrons. The van der Waals surface area contributed by atoms with Crippen molar-refractivity contribution >= 4 is 21.4 Å². The third-order valence-electron chi connectivity index (χ3n) is 3.26. The summed E-state index contributed by atoms with van der Waals surface area (Å²) in [5, 5.41) is 11.4. The highest BCUT2D eigenvalue weighted by molar-refractivity contribution is 7.91. The van der Waals surface area contributed by atoms with E-state index in [1.165, 1.54) is 0 Å². The third-order valence-corrected chi connectivity index (χ3v) is 5.10. The lowest BCUT2D eigenvalue weighted by molar-refractivity contribution is -0.116. The molecule has 0 saturated carbocycles. The van der Waals surface area contributed by atoms with Crippen LogP contribution in [0.4, 0.5) is 5.69 Å². The first-order chi connectivity index (χ1) is 9.98. The SMILES string of the molecule is O=C(CC1CCS(=O)(=O)C1)Nc1cccc(C#CCO)c1. The van der Waals surface area contributed by atoms with E-state index in [4.69, 9.17) is 5.11 Å². The van der Waals surface area contributed by atoms with Gasteiger partial charge in [0.25, 0.3) is 0 Å². The van der Waals surface area contributed by atoms with Crippen LogP contribution in [0.25, 0.3) is 0 Å². The summed E-state index contributed by atoms with van der Waals surface area (Å²) in [5.41, 5.74) is 1.32. The van der Waals surface area contributed by atoms with Gasteiger partial charge in [0.2, 0.25) is 5.91 Å². The molecular formula is C15H17NO4S. The lowest BCUT2D eigenvalue weighted by atomic mass is 10.0. The number of rotatable bonds is 3. The molecule has 1 aromatic carbocycles. The number of aliphatic hydroxyl groups excluding tert-OH is 1. The monoisotopic (exact) mass is 307 g/mol. The Morgan fingerprint density at radius 1 is 1.43 bits per heavy atom. The zero-order valence-corrected chi connectivity index (χ0v) is 12.3. The van der Waals surface area contributed by atoms with Crippen molar-refractivity contribution < 1.29 is 18.3 Å². The fraction of sp³-hybridized carbons (Fsp3) is 0.400. The van der Waals surface area contributed by atoms with Crippen LogP contribution in [0.2, 0.25) is 0 Å². The summed E-state index contributed by atoms with van der Waals surface area (Å²) in [6.07, 6.45) is 0.767. The molecular weight excluding hydrogens is 290 g/mol. The maximum atomic E-state index is 11.9. The number of sulfone groups is 1. The van der Waals surface area contributed by atoms with Gasteiger partial charge in [0.1, 0.15) is 6.61 Å². The molecule has 0 radical (unpaired) electrons. The van der Waals surface area contributed by atoms with Gasteiger partial charge in [0.05, 0.1) is 11.5 Å². The van der Waals surface area contributed by atoms with Gasteiger partial charge in [-0.15, -0.1) is 0 Å². The smallest absolute Gasteiger partial charge is 0.224 e. The van der Waals surface area contributed by atoms with Gasteiger partial charge in [0, 0.05) is 17.7 Å². The second-order valence-corrected chi connectivity index (χ2v) is 7.29. The largest absolute Gasteiger partial charge is 0.384 e. The van der Waals surface area contributed by atoms with E-state index in [1.807, 2.05) is 0 Å². The fourth-order valence-electron chi connectivity index (χ4n) is 2.32. The average molecular weight is 307 g/mol. The first kappa shape index (κ1) is 15.5. The number of nitrogens with one attached hydrogen (secondary N) is 1. The predicted molar refractivity (Wildman–Crippen MR) is 80.4 cm³/mol. The highest BCUT2D eigenvalue weighted by Gasteiger charge is 2.29. The lowest BCUT2D eigenvalue weighted by Gasteiger charge is -2.09. The van der Waals surface area contributed by atoms with E-state index >= 15 is 0 Å². The molecule has 5 nitrogen and oxygen atoms in total. The number of anilines is 1. The van der Waals surface area contributed by atoms with Gasteiger partial charge >= 0.3 is 0 Å². The molecule has 1 aromatic rings. The molecule has 6 heteroatoms. The molecule has 1 saturated heterocycles. The normalized spacial score (nSPS) is 19.6. The van der Waals surface area contributed by atoms with Crippen molar-refractivity contribution in [2.24, 2.45) is 5.92 Å². The summed E-state index contributed by atoms with van der Waals surface area (Å²) in [7, 11) is -2.95. The molecule has 2 rings (SSSR count). The van der Waals surface area contributed by atoms with E-state index in [1.54, 1.807) is 24.3 Å². The molecule has 0 bridgehead atoms. The summed E-state index contributed by atoms with van der Waals surface area (Å²) in [6, 6.07) is 7.00. The van der Waals surface area contributed by atoms with Crippen LogP contribution in [0.15, 0.2) is 24.3 Å². The highest BCUT2D eigenvalue weighted by atomic mass is 32.2. The quantitative estimate of drug-likeness (QED) is 0.809. The molecule has 1 unspecified atom stereocenters. The zero-order valence-electron chi connectivity index (χ0n) is 11.5. The maximum Gasteiger partial charge on any atom is 0.224 e. The Morgan fingerprint density at radius 2 is 2.24 bits per heavy atom. The molecule has 1 heterocycles. The summed E-state index contributed by atoms with van der Waals surface area (Å²) < 4.78 is 22.7.